The molecule has 0 saturated heterocycles. The lowest BCUT2D eigenvalue weighted by atomic mass is 10.1. The van der Waals surface area contributed by atoms with Crippen molar-refractivity contribution in [2.24, 2.45) is 0 Å². The van der Waals surface area contributed by atoms with Gasteiger partial charge in [0.25, 0.3) is 0 Å². The Morgan fingerprint density at radius 3 is 2.87 bits per heavy atom. The van der Waals surface area contributed by atoms with Crippen LogP contribution >= 0.6 is 11.6 Å². The predicted molar refractivity (Wildman–Crippen MR) is 52.3 cm³/mol. The van der Waals surface area contributed by atoms with Crippen LogP contribution in [0.15, 0.2) is 28.8 Å². The topological polar surface area (TPSA) is 43.1 Å². The Kier molecular flexibility index (Phi) is 2.51. The molecule has 5 heteroatoms. The molecule has 0 aliphatic heterocycles. The molecule has 0 atom stereocenters. The summed E-state index contributed by atoms with van der Waals surface area (Å²) < 4.78 is 17.7. The molecule has 0 spiro atoms. The van der Waals surface area contributed by atoms with Crippen molar-refractivity contribution in [1.82, 2.24) is 5.16 Å². The normalized spacial score (nSPS) is 10.3. The summed E-state index contributed by atoms with van der Waals surface area (Å²) in [6, 6.07) is 5.68. The maximum absolute atomic E-state index is 12.9. The van der Waals surface area contributed by atoms with Crippen molar-refractivity contribution in [2.75, 3.05) is 0 Å². The molecule has 0 unspecified atom stereocenters. The zero-order valence-corrected chi connectivity index (χ0v) is 8.16. The second-order valence-electron chi connectivity index (χ2n) is 2.84. The van der Waals surface area contributed by atoms with Gasteiger partial charge in [0.1, 0.15) is 10.8 Å². The molecule has 0 radical (unpaired) electrons. The third-order valence-corrected chi connectivity index (χ3v) is 2.22. The Hall–Kier alpha value is -1.68. The van der Waals surface area contributed by atoms with E-state index < -0.39 is 5.82 Å². The molecule has 0 saturated carbocycles. The zero-order valence-electron chi connectivity index (χ0n) is 7.41. The van der Waals surface area contributed by atoms with Gasteiger partial charge in [-0.25, -0.2) is 4.39 Å². The first-order valence-corrected chi connectivity index (χ1v) is 4.46. The van der Waals surface area contributed by atoms with Gasteiger partial charge in [0.15, 0.2) is 17.7 Å². The maximum atomic E-state index is 12.9. The number of halogens is 2. The molecule has 0 amide bonds. The molecule has 2 rings (SSSR count). The lowest BCUT2D eigenvalue weighted by molar-refractivity contribution is 0.111. The molecule has 0 fully saturated rings. The lowest BCUT2D eigenvalue weighted by Crippen LogP contribution is -1.80. The molecule has 1 aromatic carbocycles. The van der Waals surface area contributed by atoms with Crippen LogP contribution in [0, 0.1) is 5.82 Å². The van der Waals surface area contributed by atoms with Gasteiger partial charge in [0.2, 0.25) is 0 Å². The molecular weight excluding hydrogens is 221 g/mol. The van der Waals surface area contributed by atoms with E-state index in [1.807, 2.05) is 0 Å². The standard InChI is InChI=1S/C10H5ClFNO2/c11-9-8(5-14)13-15-10(9)6-2-1-3-7(12)4-6/h1-5H. The van der Waals surface area contributed by atoms with E-state index in [0.29, 0.717) is 11.8 Å². The number of carbonyl (C=O) groups is 1. The van der Waals surface area contributed by atoms with Gasteiger partial charge in [-0.15, -0.1) is 0 Å². The highest BCUT2D eigenvalue weighted by Gasteiger charge is 2.15. The molecule has 0 N–H and O–H groups in total. The Morgan fingerprint density at radius 2 is 2.27 bits per heavy atom. The van der Waals surface area contributed by atoms with Crippen LogP contribution in [-0.4, -0.2) is 11.4 Å². The Labute approximate surface area is 89.4 Å². The third kappa shape index (κ3) is 1.76. The molecule has 15 heavy (non-hydrogen) atoms. The van der Waals surface area contributed by atoms with E-state index in [9.17, 15) is 9.18 Å². The first-order chi connectivity index (χ1) is 7.22. The maximum Gasteiger partial charge on any atom is 0.186 e. The molecule has 0 bridgehead atoms. The summed E-state index contributed by atoms with van der Waals surface area (Å²) in [6.45, 7) is 0. The van der Waals surface area contributed by atoms with Crippen LogP contribution in [-0.2, 0) is 0 Å². The summed E-state index contributed by atoms with van der Waals surface area (Å²) in [6.07, 6.45) is 0.481. The first kappa shape index (κ1) is 9.86. The van der Waals surface area contributed by atoms with Crippen molar-refractivity contribution in [3.8, 4) is 11.3 Å². The van der Waals surface area contributed by atoms with E-state index in [4.69, 9.17) is 16.1 Å². The molecule has 1 aromatic heterocycles. The SMILES string of the molecule is O=Cc1noc(-c2cccc(F)c2)c1Cl. The van der Waals surface area contributed by atoms with Gasteiger partial charge >= 0.3 is 0 Å². The largest absolute Gasteiger partial charge is 0.354 e. The van der Waals surface area contributed by atoms with E-state index in [-0.39, 0.29) is 16.5 Å². The fourth-order valence-corrected chi connectivity index (χ4v) is 1.40. The van der Waals surface area contributed by atoms with E-state index >= 15 is 0 Å². The minimum absolute atomic E-state index is 0.0101. The summed E-state index contributed by atoms with van der Waals surface area (Å²) in [5, 5.41) is 3.54. The minimum Gasteiger partial charge on any atom is -0.354 e. The van der Waals surface area contributed by atoms with Gasteiger partial charge in [0.05, 0.1) is 0 Å². The first-order valence-electron chi connectivity index (χ1n) is 4.08. The van der Waals surface area contributed by atoms with Crippen molar-refractivity contribution in [3.05, 3.63) is 40.8 Å². The number of aromatic nitrogens is 1. The predicted octanol–water partition coefficient (Wildman–Crippen LogP) is 2.95. The molecule has 0 aliphatic rings. The number of nitrogens with zero attached hydrogens (tertiary/aromatic N) is 1. The molecule has 0 aliphatic carbocycles. The number of benzene rings is 1. The smallest absolute Gasteiger partial charge is 0.186 e. The molecular formula is C10H5ClFNO2. The van der Waals surface area contributed by atoms with Crippen LogP contribution in [0.25, 0.3) is 11.3 Å². The van der Waals surface area contributed by atoms with Crippen molar-refractivity contribution in [3.63, 3.8) is 0 Å². The van der Waals surface area contributed by atoms with Gasteiger partial charge < -0.3 is 4.52 Å². The van der Waals surface area contributed by atoms with Crippen LogP contribution < -0.4 is 0 Å². The Bertz CT molecular complexity index is 510. The summed E-state index contributed by atoms with van der Waals surface area (Å²) in [4.78, 5) is 10.5. The summed E-state index contributed by atoms with van der Waals surface area (Å²) >= 11 is 5.80. The number of rotatable bonds is 2. The van der Waals surface area contributed by atoms with E-state index in [1.54, 1.807) is 6.07 Å². The van der Waals surface area contributed by atoms with Gasteiger partial charge in [-0.3, -0.25) is 4.79 Å². The third-order valence-electron chi connectivity index (χ3n) is 1.86. The Morgan fingerprint density at radius 1 is 1.47 bits per heavy atom. The van der Waals surface area contributed by atoms with Gasteiger partial charge in [-0.05, 0) is 12.1 Å². The van der Waals surface area contributed by atoms with Crippen LogP contribution in [0.3, 0.4) is 0 Å². The highest BCUT2D eigenvalue weighted by molar-refractivity contribution is 6.35. The average molecular weight is 226 g/mol. The van der Waals surface area contributed by atoms with Crippen LogP contribution in [0.1, 0.15) is 10.5 Å². The van der Waals surface area contributed by atoms with Crippen molar-refractivity contribution in [2.45, 2.75) is 0 Å². The fourth-order valence-electron chi connectivity index (χ4n) is 1.17. The van der Waals surface area contributed by atoms with Crippen molar-refractivity contribution in [1.29, 1.82) is 0 Å². The van der Waals surface area contributed by atoms with Crippen LogP contribution in [0.4, 0.5) is 4.39 Å². The summed E-state index contributed by atoms with van der Waals surface area (Å²) in [7, 11) is 0. The monoisotopic (exact) mass is 225 g/mol. The second kappa shape index (κ2) is 3.82. The highest BCUT2D eigenvalue weighted by Crippen LogP contribution is 2.30. The average Bonchev–Trinajstić information content (AvgIpc) is 2.59. The molecule has 1 heterocycles. The highest BCUT2D eigenvalue weighted by atomic mass is 35.5. The summed E-state index contributed by atoms with van der Waals surface area (Å²) in [5.74, 6) is -0.217. The van der Waals surface area contributed by atoms with Crippen molar-refractivity contribution >= 4 is 17.9 Å². The van der Waals surface area contributed by atoms with Gasteiger partial charge in [-0.1, -0.05) is 28.9 Å². The number of hydrogen-bond donors (Lipinski definition) is 0. The number of carbonyl (C=O) groups excluding carboxylic acids is 1. The van der Waals surface area contributed by atoms with Crippen LogP contribution in [0.2, 0.25) is 5.02 Å². The molecule has 76 valence electrons. The quantitative estimate of drug-likeness (QED) is 0.738. The molecule has 3 nitrogen and oxygen atoms in total. The fraction of sp³-hybridized carbons (Fsp3) is 0. The number of hydrogen-bond acceptors (Lipinski definition) is 3. The Balaban J connectivity index is 2.54. The van der Waals surface area contributed by atoms with Gasteiger partial charge in [0, 0.05) is 5.56 Å². The lowest BCUT2D eigenvalue weighted by Gasteiger charge is -1.95. The van der Waals surface area contributed by atoms with E-state index in [1.165, 1.54) is 18.2 Å². The van der Waals surface area contributed by atoms with E-state index in [0.717, 1.165) is 0 Å². The molecule has 2 aromatic rings. The summed E-state index contributed by atoms with van der Waals surface area (Å²) in [5.41, 5.74) is 0.455. The van der Waals surface area contributed by atoms with Crippen LogP contribution in [0.5, 0.6) is 0 Å². The second-order valence-corrected chi connectivity index (χ2v) is 3.22. The minimum atomic E-state index is -0.410. The zero-order chi connectivity index (χ0) is 10.8. The number of aldehydes is 1. The van der Waals surface area contributed by atoms with Gasteiger partial charge in [-0.2, -0.15) is 0 Å². The van der Waals surface area contributed by atoms with E-state index in [2.05, 4.69) is 5.16 Å². The van der Waals surface area contributed by atoms with Crippen molar-refractivity contribution < 1.29 is 13.7 Å².